The molecular weight excluding hydrogens is 402 g/mol. The van der Waals surface area contributed by atoms with Crippen molar-refractivity contribution in [1.29, 1.82) is 0 Å². The number of rotatable bonds is 7. The molecule has 1 amide bonds. The van der Waals surface area contributed by atoms with E-state index in [-0.39, 0.29) is 18.3 Å². The monoisotopic (exact) mass is 425 g/mol. The first kappa shape index (κ1) is 21.6. The van der Waals surface area contributed by atoms with Crippen LogP contribution in [0.3, 0.4) is 0 Å². The number of hydrogen-bond donors (Lipinski definition) is 1. The Morgan fingerprint density at radius 1 is 1.07 bits per heavy atom. The highest BCUT2D eigenvalue weighted by Crippen LogP contribution is 2.20. The normalized spacial score (nSPS) is 10.7. The minimum Gasteiger partial charge on any atom is -0.465 e. The van der Waals surface area contributed by atoms with Crippen LogP contribution >= 0.6 is 11.6 Å². The molecule has 0 saturated heterocycles. The van der Waals surface area contributed by atoms with Crippen LogP contribution in [0, 0.1) is 13.8 Å². The second kappa shape index (κ2) is 9.59. The van der Waals surface area contributed by atoms with Crippen molar-refractivity contribution >= 4 is 23.5 Å². The first-order valence-electron chi connectivity index (χ1n) is 9.64. The van der Waals surface area contributed by atoms with Crippen molar-refractivity contribution in [3.8, 4) is 5.69 Å². The number of ether oxygens (including phenoxy) is 1. The fourth-order valence-electron chi connectivity index (χ4n) is 3.26. The van der Waals surface area contributed by atoms with Crippen molar-refractivity contribution in [3.05, 3.63) is 81.6 Å². The maximum atomic E-state index is 12.5. The number of esters is 1. The minimum absolute atomic E-state index is 0.0527. The predicted molar refractivity (Wildman–Crippen MR) is 116 cm³/mol. The van der Waals surface area contributed by atoms with E-state index in [1.807, 2.05) is 54.9 Å². The lowest BCUT2D eigenvalue weighted by molar-refractivity contribution is -0.120. The first-order valence-corrected chi connectivity index (χ1v) is 10.0. The Morgan fingerprint density at radius 2 is 1.73 bits per heavy atom. The Bertz CT molecular complexity index is 1040. The van der Waals surface area contributed by atoms with E-state index < -0.39 is 0 Å². The van der Waals surface area contributed by atoms with Crippen molar-refractivity contribution in [3.63, 3.8) is 0 Å². The van der Waals surface area contributed by atoms with Crippen molar-refractivity contribution in [2.45, 2.75) is 26.7 Å². The molecule has 0 bridgehead atoms. The lowest BCUT2D eigenvalue weighted by Crippen LogP contribution is -2.27. The molecule has 2 aromatic carbocycles. The summed E-state index contributed by atoms with van der Waals surface area (Å²) >= 11 is 5.96. The first-order chi connectivity index (χ1) is 14.4. The van der Waals surface area contributed by atoms with Crippen molar-refractivity contribution in [2.24, 2.45) is 0 Å². The molecular formula is C23H24ClN3O3. The van der Waals surface area contributed by atoms with Crippen molar-refractivity contribution < 1.29 is 14.3 Å². The van der Waals surface area contributed by atoms with Gasteiger partial charge in [0.15, 0.2) is 0 Å². The van der Waals surface area contributed by atoms with Gasteiger partial charge in [-0.3, -0.25) is 4.79 Å². The Hall–Kier alpha value is -3.12. The van der Waals surface area contributed by atoms with Crippen LogP contribution in [0.15, 0.2) is 48.5 Å². The van der Waals surface area contributed by atoms with Gasteiger partial charge in [-0.05, 0) is 62.2 Å². The number of carbonyl (C=O) groups excluding carboxylic acids is 2. The zero-order chi connectivity index (χ0) is 21.7. The summed E-state index contributed by atoms with van der Waals surface area (Å²) in [5.41, 5.74) is 5.13. The van der Waals surface area contributed by atoms with Crippen LogP contribution in [-0.2, 0) is 22.4 Å². The summed E-state index contributed by atoms with van der Waals surface area (Å²) in [5, 5.41) is 8.20. The average Bonchev–Trinajstić information content (AvgIpc) is 3.02. The second-order valence-corrected chi connectivity index (χ2v) is 7.44. The number of methoxy groups -OCH3 is 1. The SMILES string of the molecule is COC(=O)c1ccc(CCNC(=O)Cc2c(C)nn(-c3ccc(Cl)cc3)c2C)cc1. The number of amides is 1. The van der Waals surface area contributed by atoms with Crippen molar-refractivity contribution in [1.82, 2.24) is 15.1 Å². The van der Waals surface area contributed by atoms with Gasteiger partial charge in [0.05, 0.1) is 30.5 Å². The molecule has 0 atom stereocenters. The van der Waals surface area contributed by atoms with Crippen LogP contribution in [0.1, 0.15) is 32.9 Å². The van der Waals surface area contributed by atoms with E-state index >= 15 is 0 Å². The largest absolute Gasteiger partial charge is 0.465 e. The molecule has 0 aliphatic heterocycles. The molecule has 0 saturated carbocycles. The van der Waals surface area contributed by atoms with Crippen LogP contribution in [0.2, 0.25) is 5.02 Å². The van der Waals surface area contributed by atoms with E-state index in [4.69, 9.17) is 16.3 Å². The molecule has 0 radical (unpaired) electrons. The molecule has 1 aromatic heterocycles. The van der Waals surface area contributed by atoms with E-state index in [0.29, 0.717) is 23.6 Å². The van der Waals surface area contributed by atoms with E-state index in [1.165, 1.54) is 7.11 Å². The van der Waals surface area contributed by atoms with Crippen LogP contribution < -0.4 is 5.32 Å². The standard InChI is InChI=1S/C23H24ClN3O3/c1-15-21(16(2)27(26-15)20-10-8-19(24)9-11-20)14-22(28)25-13-12-17-4-6-18(7-5-17)23(29)30-3/h4-11H,12-14H2,1-3H3,(H,25,28). The molecule has 30 heavy (non-hydrogen) atoms. The number of halogens is 1. The molecule has 3 rings (SSSR count). The Morgan fingerprint density at radius 3 is 2.37 bits per heavy atom. The number of carbonyl (C=O) groups is 2. The molecule has 1 N–H and O–H groups in total. The molecule has 156 valence electrons. The molecule has 7 heteroatoms. The Labute approximate surface area is 180 Å². The maximum Gasteiger partial charge on any atom is 0.337 e. The predicted octanol–water partition coefficient (Wildman–Crippen LogP) is 3.83. The fraction of sp³-hybridized carbons (Fsp3) is 0.261. The van der Waals surface area contributed by atoms with Gasteiger partial charge in [0, 0.05) is 22.8 Å². The highest BCUT2D eigenvalue weighted by Gasteiger charge is 2.16. The van der Waals surface area contributed by atoms with Crippen LogP contribution in [-0.4, -0.2) is 35.3 Å². The molecule has 6 nitrogen and oxygen atoms in total. The summed E-state index contributed by atoms with van der Waals surface area (Å²) in [7, 11) is 1.36. The molecule has 0 aliphatic carbocycles. The zero-order valence-corrected chi connectivity index (χ0v) is 18.0. The van der Waals surface area contributed by atoms with Gasteiger partial charge in [-0.1, -0.05) is 23.7 Å². The smallest absolute Gasteiger partial charge is 0.337 e. The van der Waals surface area contributed by atoms with Crippen LogP contribution in [0.4, 0.5) is 0 Å². The fourth-order valence-corrected chi connectivity index (χ4v) is 3.39. The second-order valence-electron chi connectivity index (χ2n) is 7.00. The highest BCUT2D eigenvalue weighted by atomic mass is 35.5. The van der Waals surface area contributed by atoms with Gasteiger partial charge in [-0.2, -0.15) is 5.10 Å². The molecule has 0 spiro atoms. The molecule has 3 aromatic rings. The van der Waals surface area contributed by atoms with Crippen LogP contribution in [0.25, 0.3) is 5.69 Å². The van der Waals surface area contributed by atoms with Crippen molar-refractivity contribution in [2.75, 3.05) is 13.7 Å². The Balaban J connectivity index is 1.57. The van der Waals surface area contributed by atoms with E-state index in [9.17, 15) is 9.59 Å². The molecule has 0 fully saturated rings. The maximum absolute atomic E-state index is 12.5. The van der Waals surface area contributed by atoms with Crippen LogP contribution in [0.5, 0.6) is 0 Å². The van der Waals surface area contributed by atoms with E-state index in [2.05, 4.69) is 10.4 Å². The number of benzene rings is 2. The van der Waals surface area contributed by atoms with Gasteiger partial charge < -0.3 is 10.1 Å². The summed E-state index contributed by atoms with van der Waals surface area (Å²) < 4.78 is 6.52. The molecule has 1 heterocycles. The Kier molecular flexibility index (Phi) is 6.90. The summed E-state index contributed by atoms with van der Waals surface area (Å²) in [4.78, 5) is 23.9. The van der Waals surface area contributed by atoms with E-state index in [0.717, 1.165) is 28.2 Å². The average molecular weight is 426 g/mol. The van der Waals surface area contributed by atoms with Gasteiger partial charge in [0.2, 0.25) is 5.91 Å². The molecule has 0 aliphatic rings. The summed E-state index contributed by atoms with van der Waals surface area (Å²) in [6, 6.07) is 14.6. The van der Waals surface area contributed by atoms with Gasteiger partial charge in [-0.15, -0.1) is 0 Å². The molecule has 0 unspecified atom stereocenters. The van der Waals surface area contributed by atoms with Gasteiger partial charge in [0.25, 0.3) is 0 Å². The quantitative estimate of drug-likeness (QED) is 0.584. The summed E-state index contributed by atoms with van der Waals surface area (Å²) in [5.74, 6) is -0.414. The third-order valence-electron chi connectivity index (χ3n) is 4.96. The minimum atomic E-state index is -0.361. The topological polar surface area (TPSA) is 73.2 Å². The lowest BCUT2D eigenvalue weighted by Gasteiger charge is -2.08. The summed E-state index contributed by atoms with van der Waals surface area (Å²) in [6.45, 7) is 4.38. The van der Waals surface area contributed by atoms with Gasteiger partial charge >= 0.3 is 5.97 Å². The summed E-state index contributed by atoms with van der Waals surface area (Å²) in [6.07, 6.45) is 0.946. The lowest BCUT2D eigenvalue weighted by atomic mass is 10.1. The van der Waals surface area contributed by atoms with Gasteiger partial charge in [-0.25, -0.2) is 9.48 Å². The third-order valence-corrected chi connectivity index (χ3v) is 5.21. The highest BCUT2D eigenvalue weighted by molar-refractivity contribution is 6.30. The van der Waals surface area contributed by atoms with Gasteiger partial charge in [0.1, 0.15) is 0 Å². The zero-order valence-electron chi connectivity index (χ0n) is 17.2. The number of nitrogens with zero attached hydrogens (tertiary/aromatic N) is 2. The number of aromatic nitrogens is 2. The third kappa shape index (κ3) is 5.07. The van der Waals surface area contributed by atoms with E-state index in [1.54, 1.807) is 12.1 Å². The number of nitrogens with one attached hydrogen (secondary N) is 1. The number of hydrogen-bond acceptors (Lipinski definition) is 4. The number of aryl methyl sites for hydroxylation is 1.